The van der Waals surface area contributed by atoms with Gasteiger partial charge in [0.05, 0.1) is 28.1 Å². The predicted octanol–water partition coefficient (Wildman–Crippen LogP) is 4.77. The summed E-state index contributed by atoms with van der Waals surface area (Å²) in [7, 11) is 0. The van der Waals surface area contributed by atoms with Gasteiger partial charge in [-0.1, -0.05) is 30.3 Å². The summed E-state index contributed by atoms with van der Waals surface area (Å²) in [5.41, 5.74) is 4.52. The standard InChI is InChI=1S/C24H18ClN9/c1-15(16-5-3-2-4-6-16)30-24-27-10-8-22(32-24)34-14-29-18-11-19-17(12-20(18)34)28-13-33(19)21-7-9-26-23(25)31-21/h2-15H,1H3,(H,27,30,32)/t15-/m0/s1. The van der Waals surface area contributed by atoms with Crippen LogP contribution in [0.4, 0.5) is 5.95 Å². The van der Waals surface area contributed by atoms with Crippen molar-refractivity contribution in [3.05, 3.63) is 90.5 Å². The highest BCUT2D eigenvalue weighted by Crippen LogP contribution is 2.25. The highest BCUT2D eigenvalue weighted by Gasteiger charge is 2.14. The number of anilines is 1. The van der Waals surface area contributed by atoms with Crippen molar-refractivity contribution in [1.29, 1.82) is 0 Å². The average Bonchev–Trinajstić information content (AvgIpc) is 3.47. The van der Waals surface area contributed by atoms with Crippen LogP contribution in [0.2, 0.25) is 5.28 Å². The number of fused-ring (bicyclic) bond motifs is 2. The monoisotopic (exact) mass is 467 g/mol. The molecule has 4 heterocycles. The van der Waals surface area contributed by atoms with Crippen LogP contribution in [0, 0.1) is 0 Å². The highest BCUT2D eigenvalue weighted by molar-refractivity contribution is 6.28. The maximum Gasteiger partial charge on any atom is 0.225 e. The van der Waals surface area contributed by atoms with Crippen LogP contribution in [0.1, 0.15) is 18.5 Å². The molecule has 0 amide bonds. The molecule has 0 fully saturated rings. The molecule has 0 saturated carbocycles. The zero-order valence-corrected chi connectivity index (χ0v) is 18.8. The topological polar surface area (TPSA) is 99.2 Å². The van der Waals surface area contributed by atoms with E-state index in [9.17, 15) is 0 Å². The van der Waals surface area contributed by atoms with E-state index in [1.54, 1.807) is 31.1 Å². The lowest BCUT2D eigenvalue weighted by Gasteiger charge is -2.14. The van der Waals surface area contributed by atoms with E-state index in [1.807, 2.05) is 45.5 Å². The van der Waals surface area contributed by atoms with Crippen LogP contribution in [0.15, 0.2) is 79.6 Å². The molecule has 0 radical (unpaired) electrons. The van der Waals surface area contributed by atoms with Gasteiger partial charge in [0.2, 0.25) is 11.2 Å². The van der Waals surface area contributed by atoms with Crippen molar-refractivity contribution >= 4 is 39.6 Å². The van der Waals surface area contributed by atoms with E-state index in [0.717, 1.165) is 27.6 Å². The van der Waals surface area contributed by atoms with Gasteiger partial charge in [-0.3, -0.25) is 9.13 Å². The lowest BCUT2D eigenvalue weighted by Crippen LogP contribution is -2.10. The molecule has 34 heavy (non-hydrogen) atoms. The molecule has 1 atom stereocenters. The van der Waals surface area contributed by atoms with Gasteiger partial charge in [-0.25, -0.2) is 19.9 Å². The van der Waals surface area contributed by atoms with Crippen molar-refractivity contribution in [1.82, 2.24) is 39.0 Å². The Morgan fingerprint density at radius 3 is 2.03 bits per heavy atom. The molecule has 1 N–H and O–H groups in total. The fraction of sp³-hybridized carbons (Fsp3) is 0.0833. The Bertz CT molecular complexity index is 1620. The van der Waals surface area contributed by atoms with E-state index < -0.39 is 0 Å². The molecule has 10 heteroatoms. The van der Waals surface area contributed by atoms with Crippen LogP contribution >= 0.6 is 11.6 Å². The largest absolute Gasteiger partial charge is 0.348 e. The fourth-order valence-corrected chi connectivity index (χ4v) is 4.05. The summed E-state index contributed by atoms with van der Waals surface area (Å²) in [6.45, 7) is 2.08. The molecule has 0 aliphatic carbocycles. The number of nitrogens with one attached hydrogen (secondary N) is 1. The van der Waals surface area contributed by atoms with E-state index in [1.165, 1.54) is 0 Å². The molecule has 9 nitrogen and oxygen atoms in total. The summed E-state index contributed by atoms with van der Waals surface area (Å²) in [4.78, 5) is 26.5. The quantitative estimate of drug-likeness (QED) is 0.364. The number of hydrogen-bond donors (Lipinski definition) is 1. The van der Waals surface area contributed by atoms with Gasteiger partial charge in [0, 0.05) is 12.4 Å². The summed E-state index contributed by atoms with van der Waals surface area (Å²) in [6.07, 6.45) is 6.82. The normalized spacial score (nSPS) is 12.3. The van der Waals surface area contributed by atoms with Gasteiger partial charge in [0.25, 0.3) is 0 Å². The number of imidazole rings is 2. The van der Waals surface area contributed by atoms with E-state index in [-0.39, 0.29) is 11.3 Å². The van der Waals surface area contributed by atoms with E-state index >= 15 is 0 Å². The van der Waals surface area contributed by atoms with Crippen LogP contribution in [0.3, 0.4) is 0 Å². The number of nitrogens with zero attached hydrogens (tertiary/aromatic N) is 8. The first kappa shape index (κ1) is 20.3. The second kappa shape index (κ2) is 8.20. The molecule has 0 aliphatic rings. The molecule has 2 aromatic carbocycles. The number of halogens is 1. The Morgan fingerprint density at radius 1 is 0.765 bits per heavy atom. The van der Waals surface area contributed by atoms with Gasteiger partial charge < -0.3 is 5.32 Å². The minimum absolute atomic E-state index is 0.0647. The number of benzene rings is 2. The van der Waals surface area contributed by atoms with Gasteiger partial charge in [0.15, 0.2) is 0 Å². The average molecular weight is 468 g/mol. The van der Waals surface area contributed by atoms with Crippen molar-refractivity contribution in [3.63, 3.8) is 0 Å². The molecule has 0 unspecified atom stereocenters. The first-order valence-electron chi connectivity index (χ1n) is 10.6. The van der Waals surface area contributed by atoms with Crippen molar-refractivity contribution < 1.29 is 0 Å². The minimum atomic E-state index is 0.0647. The van der Waals surface area contributed by atoms with Crippen LogP contribution in [0.25, 0.3) is 33.7 Å². The van der Waals surface area contributed by atoms with Crippen molar-refractivity contribution in [2.75, 3.05) is 5.32 Å². The molecular weight excluding hydrogens is 450 g/mol. The van der Waals surface area contributed by atoms with Crippen LogP contribution in [-0.4, -0.2) is 39.0 Å². The maximum atomic E-state index is 5.97. The zero-order valence-electron chi connectivity index (χ0n) is 18.0. The lowest BCUT2D eigenvalue weighted by molar-refractivity contribution is 0.854. The molecule has 0 spiro atoms. The van der Waals surface area contributed by atoms with Crippen molar-refractivity contribution in [2.45, 2.75) is 13.0 Å². The van der Waals surface area contributed by atoms with E-state index in [4.69, 9.17) is 16.6 Å². The SMILES string of the molecule is C[C@H](Nc1nccc(-n2cnc3cc4c(cc32)ncn4-c2ccnc(Cl)n2)n1)c1ccccc1. The van der Waals surface area contributed by atoms with Gasteiger partial charge in [0.1, 0.15) is 24.3 Å². The first-order valence-corrected chi connectivity index (χ1v) is 11.0. The van der Waals surface area contributed by atoms with E-state index in [0.29, 0.717) is 17.6 Å². The molecular formula is C24H18ClN9. The van der Waals surface area contributed by atoms with Crippen LogP contribution in [-0.2, 0) is 0 Å². The smallest absolute Gasteiger partial charge is 0.225 e. The van der Waals surface area contributed by atoms with Crippen LogP contribution in [0.5, 0.6) is 0 Å². The summed E-state index contributed by atoms with van der Waals surface area (Å²) < 4.78 is 3.79. The zero-order chi connectivity index (χ0) is 23.1. The highest BCUT2D eigenvalue weighted by atomic mass is 35.5. The molecule has 0 bridgehead atoms. The number of hydrogen-bond acceptors (Lipinski definition) is 7. The summed E-state index contributed by atoms with van der Waals surface area (Å²) >= 11 is 5.97. The second-order valence-electron chi connectivity index (χ2n) is 7.76. The Hall–Kier alpha value is -4.37. The third kappa shape index (κ3) is 3.61. The molecule has 4 aromatic heterocycles. The Balaban J connectivity index is 1.37. The third-order valence-electron chi connectivity index (χ3n) is 5.61. The summed E-state index contributed by atoms with van der Waals surface area (Å²) in [6, 6.07) is 17.8. The molecule has 6 aromatic rings. The van der Waals surface area contributed by atoms with Gasteiger partial charge in [-0.05, 0) is 48.4 Å². The predicted molar refractivity (Wildman–Crippen MR) is 130 cm³/mol. The Kier molecular flexibility index (Phi) is 4.88. The maximum absolute atomic E-state index is 5.97. The lowest BCUT2D eigenvalue weighted by atomic mass is 10.1. The van der Waals surface area contributed by atoms with Crippen molar-refractivity contribution in [3.8, 4) is 11.6 Å². The van der Waals surface area contributed by atoms with Gasteiger partial charge in [-0.15, -0.1) is 0 Å². The fourth-order valence-electron chi connectivity index (χ4n) is 3.91. The molecule has 166 valence electrons. The Labute approximate surface area is 199 Å². The molecule has 0 aliphatic heterocycles. The second-order valence-corrected chi connectivity index (χ2v) is 8.10. The minimum Gasteiger partial charge on any atom is -0.348 e. The number of rotatable bonds is 5. The van der Waals surface area contributed by atoms with Crippen LogP contribution < -0.4 is 5.32 Å². The van der Waals surface area contributed by atoms with Crippen molar-refractivity contribution in [2.24, 2.45) is 0 Å². The van der Waals surface area contributed by atoms with Gasteiger partial charge in [-0.2, -0.15) is 9.97 Å². The third-order valence-corrected chi connectivity index (χ3v) is 5.79. The van der Waals surface area contributed by atoms with E-state index in [2.05, 4.69) is 49.3 Å². The summed E-state index contributed by atoms with van der Waals surface area (Å²) in [5, 5.41) is 3.55. The molecule has 6 rings (SSSR count). The first-order chi connectivity index (χ1) is 16.7. The molecule has 0 saturated heterocycles. The number of aromatic nitrogens is 8. The Morgan fingerprint density at radius 2 is 1.38 bits per heavy atom. The van der Waals surface area contributed by atoms with Gasteiger partial charge >= 0.3 is 0 Å². The summed E-state index contributed by atoms with van der Waals surface area (Å²) in [5.74, 6) is 1.89.